The minimum absolute atomic E-state index is 0. The van der Waals surface area contributed by atoms with Gasteiger partial charge in [-0.15, -0.1) is 0 Å². The Morgan fingerprint density at radius 1 is 1.88 bits per heavy atom. The van der Waals surface area contributed by atoms with Gasteiger partial charge in [-0.1, -0.05) is 0 Å². The van der Waals surface area contributed by atoms with Crippen LogP contribution in [0.15, 0.2) is 0 Å². The van der Waals surface area contributed by atoms with Crippen molar-refractivity contribution < 1.29 is 6.53 Å². The number of aliphatic hydroxyl groups excluding tert-OH is 1. The molecular weight excluding hydrogens is 102 g/mol. The van der Waals surface area contributed by atoms with Gasteiger partial charge in [0.05, 0.1) is 6.10 Å². The zero-order valence-electron chi connectivity index (χ0n) is 5.22. The summed E-state index contributed by atoms with van der Waals surface area (Å²) in [5.74, 6) is 0. The molecule has 0 radical (unpaired) electrons. The Kier molecular flexibility index (Phi) is 1.86. The average molecular weight is 117 g/mol. The second-order valence-electron chi connectivity index (χ2n) is 2.44. The Morgan fingerprint density at radius 2 is 2.62 bits per heavy atom. The first-order valence-corrected chi connectivity index (χ1v) is 3.22. The Bertz CT molecular complexity index is 71.5. The smallest absolute Gasteiger partial charge is 0.0665 e. The number of hydrogen-bond donors (Lipinski definition) is 2. The maximum Gasteiger partial charge on any atom is 0.0665 e. The summed E-state index contributed by atoms with van der Waals surface area (Å²) in [6.07, 6.45) is 2.19. The van der Waals surface area contributed by atoms with E-state index in [1.54, 1.807) is 0 Å². The van der Waals surface area contributed by atoms with Gasteiger partial charge in [-0.05, 0) is 26.3 Å². The monoisotopic (exact) mass is 117 g/mol. The van der Waals surface area contributed by atoms with Gasteiger partial charge in [0, 0.05) is 7.47 Å². The predicted octanol–water partition coefficient (Wildman–Crippen LogP) is 0.365. The number of nitrogens with one attached hydrogen (secondary N) is 1. The third-order valence-corrected chi connectivity index (χ3v) is 1.68. The molecule has 1 heterocycles. The number of aliphatic hydroxyl groups is 1. The molecule has 8 heavy (non-hydrogen) atoms. The summed E-state index contributed by atoms with van der Waals surface area (Å²) in [4.78, 5) is 0. The van der Waals surface area contributed by atoms with Crippen molar-refractivity contribution in [3.8, 4) is 0 Å². The van der Waals surface area contributed by atoms with E-state index in [2.05, 4.69) is 5.32 Å². The molecule has 0 amide bonds. The van der Waals surface area contributed by atoms with Crippen molar-refractivity contribution in [1.29, 1.82) is 0 Å². The lowest BCUT2D eigenvalue weighted by Gasteiger charge is -2.11. The van der Waals surface area contributed by atoms with Gasteiger partial charge in [0.2, 0.25) is 0 Å². The molecule has 1 fully saturated rings. The molecule has 0 aliphatic carbocycles. The summed E-state index contributed by atoms with van der Waals surface area (Å²) < 4.78 is 0. The summed E-state index contributed by atoms with van der Waals surface area (Å²) in [5, 5.41) is 12.2. The van der Waals surface area contributed by atoms with Crippen LogP contribution in [0.3, 0.4) is 0 Å². The van der Waals surface area contributed by atoms with Crippen LogP contribution in [0, 0.1) is 0 Å². The highest BCUT2D eigenvalue weighted by molar-refractivity contribution is 4.77. The van der Waals surface area contributed by atoms with Crippen LogP contribution in [0.1, 0.15) is 21.2 Å². The van der Waals surface area contributed by atoms with Gasteiger partial charge >= 0.3 is 0 Å². The van der Waals surface area contributed by atoms with E-state index in [0.29, 0.717) is 6.04 Å². The van der Waals surface area contributed by atoms with Crippen molar-refractivity contribution >= 4 is 0 Å². The molecular formula is C6H15NO. The van der Waals surface area contributed by atoms with Crippen LogP contribution in [0.4, 0.5) is 0 Å². The van der Waals surface area contributed by atoms with E-state index in [1.807, 2.05) is 6.92 Å². The van der Waals surface area contributed by atoms with Crippen molar-refractivity contribution in [2.75, 3.05) is 6.54 Å². The van der Waals surface area contributed by atoms with Gasteiger partial charge < -0.3 is 10.4 Å². The minimum Gasteiger partial charge on any atom is -0.392 e. The highest BCUT2D eigenvalue weighted by Crippen LogP contribution is 2.07. The molecule has 0 aromatic carbocycles. The molecule has 1 unspecified atom stereocenters. The standard InChI is InChI=1S/C6H13NO.H2/c1-5(8)6-3-2-4-7-6;/h5-8H,2-4H2,1H3;1H/t5-,6?;/m0./s1. The molecule has 0 saturated carbocycles. The Labute approximate surface area is 51.4 Å². The van der Waals surface area contributed by atoms with Gasteiger partial charge in [0.1, 0.15) is 0 Å². The van der Waals surface area contributed by atoms with E-state index in [-0.39, 0.29) is 7.53 Å². The fourth-order valence-corrected chi connectivity index (χ4v) is 1.12. The van der Waals surface area contributed by atoms with Crippen LogP contribution in [0.25, 0.3) is 0 Å². The summed E-state index contributed by atoms with van der Waals surface area (Å²) >= 11 is 0. The Hall–Kier alpha value is -0.0800. The minimum atomic E-state index is -0.169. The van der Waals surface area contributed by atoms with Gasteiger partial charge in [0.15, 0.2) is 0 Å². The Balaban J connectivity index is 0.000000640. The zero-order chi connectivity index (χ0) is 5.98. The van der Waals surface area contributed by atoms with E-state index in [0.717, 1.165) is 13.0 Å². The maximum atomic E-state index is 8.99. The van der Waals surface area contributed by atoms with Gasteiger partial charge in [-0.25, -0.2) is 0 Å². The first kappa shape index (κ1) is 6.05. The van der Waals surface area contributed by atoms with E-state index < -0.39 is 0 Å². The molecule has 0 aromatic heterocycles. The van der Waals surface area contributed by atoms with Crippen LogP contribution in [0.5, 0.6) is 0 Å². The first-order valence-electron chi connectivity index (χ1n) is 3.22. The molecule has 2 N–H and O–H groups in total. The van der Waals surface area contributed by atoms with Crippen LogP contribution in [0.2, 0.25) is 0 Å². The third-order valence-electron chi connectivity index (χ3n) is 1.68. The molecule has 1 aliphatic rings. The van der Waals surface area contributed by atoms with Crippen LogP contribution >= 0.6 is 0 Å². The molecule has 1 saturated heterocycles. The van der Waals surface area contributed by atoms with Crippen molar-refractivity contribution in [3.05, 3.63) is 0 Å². The lowest BCUT2D eigenvalue weighted by Crippen LogP contribution is -2.32. The highest BCUT2D eigenvalue weighted by atomic mass is 16.3. The second kappa shape index (κ2) is 2.46. The zero-order valence-corrected chi connectivity index (χ0v) is 5.22. The summed E-state index contributed by atoms with van der Waals surface area (Å²) in [7, 11) is 0. The summed E-state index contributed by atoms with van der Waals surface area (Å²) in [5.41, 5.74) is 0. The largest absolute Gasteiger partial charge is 0.392 e. The van der Waals surface area contributed by atoms with Gasteiger partial charge in [-0.3, -0.25) is 0 Å². The quantitative estimate of drug-likeness (QED) is 0.520. The van der Waals surface area contributed by atoms with Crippen molar-refractivity contribution in [3.63, 3.8) is 0 Å². The fourth-order valence-electron chi connectivity index (χ4n) is 1.12. The molecule has 1 aliphatic heterocycles. The molecule has 0 spiro atoms. The fraction of sp³-hybridized carbons (Fsp3) is 1.00. The molecule has 0 bridgehead atoms. The third kappa shape index (κ3) is 1.20. The Morgan fingerprint density at radius 3 is 2.88 bits per heavy atom. The van der Waals surface area contributed by atoms with Crippen LogP contribution in [-0.2, 0) is 0 Å². The van der Waals surface area contributed by atoms with E-state index >= 15 is 0 Å². The number of rotatable bonds is 1. The molecule has 2 heteroatoms. The van der Waals surface area contributed by atoms with E-state index in [4.69, 9.17) is 5.11 Å². The van der Waals surface area contributed by atoms with Crippen molar-refractivity contribution in [2.24, 2.45) is 0 Å². The first-order chi connectivity index (χ1) is 3.80. The topological polar surface area (TPSA) is 32.3 Å². The summed E-state index contributed by atoms with van der Waals surface area (Å²) in [6.45, 7) is 2.92. The molecule has 2 nitrogen and oxygen atoms in total. The van der Waals surface area contributed by atoms with Crippen molar-refractivity contribution in [2.45, 2.75) is 31.9 Å². The number of hydrogen-bond acceptors (Lipinski definition) is 2. The summed E-state index contributed by atoms with van der Waals surface area (Å²) in [6, 6.07) is 0.370. The van der Waals surface area contributed by atoms with E-state index in [1.165, 1.54) is 6.42 Å². The predicted molar refractivity (Wildman–Crippen MR) is 34.8 cm³/mol. The molecule has 1 rings (SSSR count). The molecule has 50 valence electrons. The van der Waals surface area contributed by atoms with Gasteiger partial charge in [0.25, 0.3) is 0 Å². The lowest BCUT2D eigenvalue weighted by atomic mass is 10.1. The van der Waals surface area contributed by atoms with Gasteiger partial charge in [-0.2, -0.15) is 0 Å². The second-order valence-corrected chi connectivity index (χ2v) is 2.44. The van der Waals surface area contributed by atoms with Crippen molar-refractivity contribution in [1.82, 2.24) is 5.32 Å². The molecule has 2 atom stereocenters. The normalized spacial score (nSPS) is 33.0. The van der Waals surface area contributed by atoms with E-state index in [9.17, 15) is 0 Å². The SMILES string of the molecule is C[C@H](O)C1CCCN1.[HH]. The highest BCUT2D eigenvalue weighted by Gasteiger charge is 2.17. The average Bonchev–Trinajstić information content (AvgIpc) is 2.12. The molecule has 0 aromatic rings. The van der Waals surface area contributed by atoms with Crippen LogP contribution < -0.4 is 5.32 Å². The lowest BCUT2D eigenvalue weighted by molar-refractivity contribution is 0.154. The van der Waals surface area contributed by atoms with Crippen LogP contribution in [-0.4, -0.2) is 23.8 Å². The maximum absolute atomic E-state index is 8.99.